The van der Waals surface area contributed by atoms with Crippen LogP contribution in [0.2, 0.25) is 5.02 Å². The summed E-state index contributed by atoms with van der Waals surface area (Å²) >= 11 is 5.79. The van der Waals surface area contributed by atoms with Crippen molar-refractivity contribution in [1.29, 1.82) is 0 Å². The van der Waals surface area contributed by atoms with Gasteiger partial charge in [0.1, 0.15) is 5.02 Å². The summed E-state index contributed by atoms with van der Waals surface area (Å²) in [6.07, 6.45) is 1.64. The number of nitro groups is 1. The van der Waals surface area contributed by atoms with Crippen molar-refractivity contribution in [3.8, 4) is 0 Å². The summed E-state index contributed by atoms with van der Waals surface area (Å²) in [5, 5.41) is 11.0. The van der Waals surface area contributed by atoms with Gasteiger partial charge in [-0.15, -0.1) is 0 Å². The smallest absolute Gasteiger partial charge is 0.363 e. The molecule has 0 N–H and O–H groups in total. The summed E-state index contributed by atoms with van der Waals surface area (Å²) in [6.45, 7) is 3.88. The van der Waals surface area contributed by atoms with Crippen LogP contribution < -0.4 is 0 Å². The van der Waals surface area contributed by atoms with E-state index in [1.54, 1.807) is 6.08 Å². The maximum atomic E-state index is 12.1. The molecule has 0 aromatic heterocycles. The summed E-state index contributed by atoms with van der Waals surface area (Å²) in [5.74, 6) is -0.588. The van der Waals surface area contributed by atoms with E-state index >= 15 is 0 Å². The monoisotopic (exact) mass is 356 g/mol. The molecular weight excluding hydrogens is 344 g/mol. The van der Waals surface area contributed by atoms with Gasteiger partial charge < -0.3 is 4.74 Å². The second-order valence-electron chi connectivity index (χ2n) is 5.62. The van der Waals surface area contributed by atoms with E-state index in [1.807, 2.05) is 32.0 Å². The quantitative estimate of drug-likeness (QED) is 0.357. The van der Waals surface area contributed by atoms with Crippen LogP contribution in [0.4, 0.5) is 5.69 Å². The highest BCUT2D eigenvalue weighted by Gasteiger charge is 2.26. The molecule has 0 fully saturated rings. The number of esters is 1. The normalized spacial score (nSPS) is 15.2. The van der Waals surface area contributed by atoms with E-state index in [4.69, 9.17) is 16.3 Å². The molecule has 2 aromatic carbocycles. The zero-order valence-corrected chi connectivity index (χ0v) is 14.2. The number of benzene rings is 2. The van der Waals surface area contributed by atoms with E-state index in [0.29, 0.717) is 5.56 Å². The Morgan fingerprint density at radius 2 is 1.96 bits per heavy atom. The average molecular weight is 357 g/mol. The Hall–Kier alpha value is -2.99. The Labute approximate surface area is 148 Å². The molecule has 0 bridgehead atoms. The number of carbonyl (C=O) groups excluding carboxylic acids is 1. The molecule has 3 rings (SSSR count). The Balaban J connectivity index is 2.01. The number of hydrogen-bond donors (Lipinski definition) is 0. The zero-order valence-electron chi connectivity index (χ0n) is 13.4. The Bertz CT molecular complexity index is 964. The van der Waals surface area contributed by atoms with E-state index in [0.717, 1.165) is 16.7 Å². The van der Waals surface area contributed by atoms with Gasteiger partial charge in [-0.3, -0.25) is 10.1 Å². The van der Waals surface area contributed by atoms with E-state index in [1.165, 1.54) is 18.2 Å². The topological polar surface area (TPSA) is 81.8 Å². The van der Waals surface area contributed by atoms with E-state index in [-0.39, 0.29) is 22.3 Å². The first-order valence-electron chi connectivity index (χ1n) is 7.39. The molecule has 0 spiro atoms. The van der Waals surface area contributed by atoms with Gasteiger partial charge in [-0.2, -0.15) is 0 Å². The fourth-order valence-electron chi connectivity index (χ4n) is 2.38. The van der Waals surface area contributed by atoms with Crippen molar-refractivity contribution in [1.82, 2.24) is 0 Å². The molecule has 0 amide bonds. The van der Waals surface area contributed by atoms with Gasteiger partial charge in [0.2, 0.25) is 5.90 Å². The van der Waals surface area contributed by atoms with Gasteiger partial charge >= 0.3 is 5.97 Å². The standard InChI is InChI=1S/C18H13ClN2O4/c1-10-3-4-11(2)13(7-10)8-15-18(22)25-17(20-15)12-5-6-14(19)16(9-12)21(23)24/h3-9H,1-2H3/b15-8+. The van der Waals surface area contributed by atoms with Crippen molar-refractivity contribution in [3.63, 3.8) is 0 Å². The number of nitrogens with zero attached hydrogens (tertiary/aromatic N) is 2. The van der Waals surface area contributed by atoms with Crippen LogP contribution in [0.3, 0.4) is 0 Å². The first kappa shape index (κ1) is 16.9. The zero-order chi connectivity index (χ0) is 18.1. The van der Waals surface area contributed by atoms with Crippen LogP contribution in [-0.2, 0) is 9.53 Å². The lowest BCUT2D eigenvalue weighted by molar-refractivity contribution is -0.384. The molecule has 0 saturated heterocycles. The van der Waals surface area contributed by atoms with Crippen LogP contribution in [-0.4, -0.2) is 16.8 Å². The minimum atomic E-state index is -0.603. The summed E-state index contributed by atoms with van der Waals surface area (Å²) in [7, 11) is 0. The molecule has 1 heterocycles. The van der Waals surface area contributed by atoms with Crippen LogP contribution in [0.5, 0.6) is 0 Å². The van der Waals surface area contributed by atoms with Crippen LogP contribution in [0.15, 0.2) is 47.1 Å². The molecule has 25 heavy (non-hydrogen) atoms. The molecule has 0 radical (unpaired) electrons. The molecule has 1 aliphatic rings. The lowest BCUT2D eigenvalue weighted by atomic mass is 10.0. The van der Waals surface area contributed by atoms with Crippen LogP contribution >= 0.6 is 11.6 Å². The predicted molar refractivity (Wildman–Crippen MR) is 94.6 cm³/mol. The number of halogens is 1. The van der Waals surface area contributed by atoms with Gasteiger partial charge in [0.25, 0.3) is 5.69 Å². The highest BCUT2D eigenvalue weighted by Crippen LogP contribution is 2.28. The van der Waals surface area contributed by atoms with Crippen LogP contribution in [0.25, 0.3) is 6.08 Å². The number of ether oxygens (including phenoxy) is 1. The number of cyclic esters (lactones) is 1. The molecule has 7 heteroatoms. The van der Waals surface area contributed by atoms with Crippen molar-refractivity contribution in [2.24, 2.45) is 4.99 Å². The number of rotatable bonds is 3. The Morgan fingerprint density at radius 1 is 1.20 bits per heavy atom. The maximum Gasteiger partial charge on any atom is 0.363 e. The summed E-state index contributed by atoms with van der Waals surface area (Å²) < 4.78 is 5.15. The SMILES string of the molecule is Cc1ccc(C)c(/C=C2/N=C(c3ccc(Cl)c([N+](=O)[O-])c3)OC2=O)c1. The van der Waals surface area contributed by atoms with E-state index in [9.17, 15) is 14.9 Å². The van der Waals surface area contributed by atoms with E-state index in [2.05, 4.69) is 4.99 Å². The van der Waals surface area contributed by atoms with Gasteiger partial charge in [-0.25, -0.2) is 9.79 Å². The van der Waals surface area contributed by atoms with Crippen molar-refractivity contribution >= 4 is 35.2 Å². The molecule has 0 unspecified atom stereocenters. The number of carbonyl (C=O) groups is 1. The maximum absolute atomic E-state index is 12.1. The predicted octanol–water partition coefficient (Wildman–Crippen LogP) is 4.21. The molecule has 0 aliphatic carbocycles. The Kier molecular flexibility index (Phi) is 4.37. The number of hydrogen-bond acceptors (Lipinski definition) is 5. The summed E-state index contributed by atoms with van der Waals surface area (Å²) in [5.41, 5.74) is 3.09. The minimum Gasteiger partial charge on any atom is -0.402 e. The van der Waals surface area contributed by atoms with Crippen LogP contribution in [0.1, 0.15) is 22.3 Å². The van der Waals surface area contributed by atoms with Crippen molar-refractivity contribution in [2.45, 2.75) is 13.8 Å². The minimum absolute atomic E-state index is 0.00447. The average Bonchev–Trinajstić information content (AvgIpc) is 2.92. The molecule has 1 aliphatic heterocycles. The molecule has 126 valence electrons. The molecule has 2 aromatic rings. The third kappa shape index (κ3) is 3.44. The largest absolute Gasteiger partial charge is 0.402 e. The molecule has 0 atom stereocenters. The van der Waals surface area contributed by atoms with Crippen molar-refractivity contribution in [3.05, 3.63) is 79.5 Å². The lowest BCUT2D eigenvalue weighted by Crippen LogP contribution is -2.06. The number of nitro benzene ring substituents is 1. The fraction of sp³-hybridized carbons (Fsp3) is 0.111. The van der Waals surface area contributed by atoms with Crippen LogP contribution in [0, 0.1) is 24.0 Å². The summed E-state index contributed by atoms with van der Waals surface area (Å²) in [6, 6.07) is 9.99. The van der Waals surface area contributed by atoms with Gasteiger partial charge in [-0.1, -0.05) is 35.4 Å². The van der Waals surface area contributed by atoms with Gasteiger partial charge in [0.15, 0.2) is 5.70 Å². The number of aliphatic imine (C=N–C) groups is 1. The molecule has 0 saturated carbocycles. The second kappa shape index (κ2) is 6.49. The first-order valence-corrected chi connectivity index (χ1v) is 7.77. The van der Waals surface area contributed by atoms with Gasteiger partial charge in [0.05, 0.1) is 4.92 Å². The van der Waals surface area contributed by atoms with Gasteiger partial charge in [-0.05, 0) is 43.2 Å². The highest BCUT2D eigenvalue weighted by molar-refractivity contribution is 6.32. The van der Waals surface area contributed by atoms with Crippen molar-refractivity contribution in [2.75, 3.05) is 0 Å². The third-order valence-electron chi connectivity index (χ3n) is 3.74. The third-order valence-corrected chi connectivity index (χ3v) is 4.06. The van der Waals surface area contributed by atoms with Gasteiger partial charge in [0, 0.05) is 11.6 Å². The molecule has 6 nitrogen and oxygen atoms in total. The highest BCUT2D eigenvalue weighted by atomic mass is 35.5. The first-order chi connectivity index (χ1) is 11.8. The Morgan fingerprint density at radius 3 is 2.68 bits per heavy atom. The molecular formula is C18H13ClN2O4. The van der Waals surface area contributed by atoms with E-state index < -0.39 is 10.9 Å². The second-order valence-corrected chi connectivity index (χ2v) is 6.03. The lowest BCUT2D eigenvalue weighted by Gasteiger charge is -2.01. The summed E-state index contributed by atoms with van der Waals surface area (Å²) in [4.78, 5) is 26.6. The van der Waals surface area contributed by atoms with Crippen molar-refractivity contribution < 1.29 is 14.5 Å². The number of aryl methyl sites for hydroxylation is 2. The fourth-order valence-corrected chi connectivity index (χ4v) is 2.57.